The van der Waals surface area contributed by atoms with E-state index in [0.29, 0.717) is 22.9 Å². The molecule has 1 amide bonds. The van der Waals surface area contributed by atoms with Gasteiger partial charge < -0.3 is 14.8 Å². The molecule has 0 heterocycles. The van der Waals surface area contributed by atoms with Crippen molar-refractivity contribution in [2.45, 2.75) is 26.2 Å². The lowest BCUT2D eigenvalue weighted by Crippen LogP contribution is -2.21. The quantitative estimate of drug-likeness (QED) is 0.773. The van der Waals surface area contributed by atoms with Crippen LogP contribution >= 0.6 is 0 Å². The Hall–Kier alpha value is -2.82. The van der Waals surface area contributed by atoms with Gasteiger partial charge in [-0.1, -0.05) is 38.1 Å². The van der Waals surface area contributed by atoms with Crippen molar-refractivity contribution in [3.63, 3.8) is 0 Å². The monoisotopic (exact) mass is 341 g/mol. The zero-order valence-corrected chi connectivity index (χ0v) is 14.7. The lowest BCUT2D eigenvalue weighted by atomic mass is 9.99. The fourth-order valence-corrected chi connectivity index (χ4v) is 2.34. The number of hydrogen-bond donors (Lipinski definition) is 1. The van der Waals surface area contributed by atoms with Crippen LogP contribution in [0.1, 0.15) is 42.1 Å². The van der Waals surface area contributed by atoms with Gasteiger partial charge in [0.25, 0.3) is 5.91 Å². The summed E-state index contributed by atoms with van der Waals surface area (Å²) in [5.41, 5.74) is 1.94. The topological polar surface area (TPSA) is 64.6 Å². The Bertz CT molecular complexity index is 725. The van der Waals surface area contributed by atoms with Gasteiger partial charge in [-0.3, -0.25) is 4.79 Å². The maximum absolute atomic E-state index is 12.1. The molecular weight excluding hydrogens is 318 g/mol. The number of ether oxygens (including phenoxy) is 2. The van der Waals surface area contributed by atoms with E-state index in [2.05, 4.69) is 19.2 Å². The number of amides is 1. The van der Waals surface area contributed by atoms with Crippen LogP contribution < -0.4 is 10.1 Å². The van der Waals surface area contributed by atoms with E-state index < -0.39 is 5.97 Å². The third kappa shape index (κ3) is 5.08. The highest BCUT2D eigenvalue weighted by Gasteiger charge is 2.13. The van der Waals surface area contributed by atoms with E-state index in [4.69, 9.17) is 9.47 Å². The summed E-state index contributed by atoms with van der Waals surface area (Å²) in [6, 6.07) is 14.4. The molecular formula is C20H23NO4. The molecule has 0 saturated carbocycles. The molecule has 1 unspecified atom stereocenters. The number of rotatable bonds is 7. The van der Waals surface area contributed by atoms with Gasteiger partial charge in [-0.15, -0.1) is 0 Å². The molecule has 5 nitrogen and oxygen atoms in total. The van der Waals surface area contributed by atoms with Crippen molar-refractivity contribution in [1.29, 1.82) is 0 Å². The lowest BCUT2D eigenvalue weighted by Gasteiger charge is -2.12. The Kier molecular flexibility index (Phi) is 6.57. The number of esters is 1. The summed E-state index contributed by atoms with van der Waals surface area (Å²) in [6.45, 7) is 4.17. The molecule has 25 heavy (non-hydrogen) atoms. The van der Waals surface area contributed by atoms with Crippen LogP contribution in [0.3, 0.4) is 0 Å². The number of carbonyl (C=O) groups excluding carboxylic acids is 2. The zero-order chi connectivity index (χ0) is 18.2. The Balaban J connectivity index is 1.94. The van der Waals surface area contributed by atoms with Gasteiger partial charge in [0.1, 0.15) is 5.75 Å². The number of anilines is 1. The van der Waals surface area contributed by atoms with Crippen LogP contribution in [0.4, 0.5) is 5.69 Å². The summed E-state index contributed by atoms with van der Waals surface area (Å²) in [5, 5.41) is 2.67. The number of para-hydroxylation sites is 1. The van der Waals surface area contributed by atoms with E-state index in [1.165, 1.54) is 12.7 Å². The maximum atomic E-state index is 12.1. The number of benzene rings is 2. The summed E-state index contributed by atoms with van der Waals surface area (Å²) in [5.74, 6) is 0.274. The molecule has 2 rings (SSSR count). The first-order valence-electron chi connectivity index (χ1n) is 8.25. The smallest absolute Gasteiger partial charge is 0.339 e. The molecule has 1 atom stereocenters. The first kappa shape index (κ1) is 18.5. The van der Waals surface area contributed by atoms with Crippen molar-refractivity contribution < 1.29 is 19.1 Å². The van der Waals surface area contributed by atoms with Crippen LogP contribution in [0.2, 0.25) is 0 Å². The van der Waals surface area contributed by atoms with Crippen molar-refractivity contribution in [3.8, 4) is 5.75 Å². The molecule has 0 aliphatic rings. The first-order chi connectivity index (χ1) is 12.0. The molecule has 1 N–H and O–H groups in total. The number of carbonyl (C=O) groups is 2. The molecule has 0 aliphatic carbocycles. The summed E-state index contributed by atoms with van der Waals surface area (Å²) >= 11 is 0. The standard InChI is InChI=1S/C20H23NO4/c1-4-14(2)15-9-11-16(12-10-15)25-13-19(22)21-18-8-6-5-7-17(18)20(23)24-3/h5-12,14H,4,13H2,1-3H3,(H,21,22). The van der Waals surface area contributed by atoms with Gasteiger partial charge in [-0.25, -0.2) is 4.79 Å². The van der Waals surface area contributed by atoms with Gasteiger partial charge in [0.05, 0.1) is 18.4 Å². The molecule has 0 saturated heterocycles. The summed E-state index contributed by atoms with van der Waals surface area (Å²) in [7, 11) is 1.30. The molecule has 0 aromatic heterocycles. The Morgan fingerprint density at radius 1 is 1.08 bits per heavy atom. The fraction of sp³-hybridized carbons (Fsp3) is 0.300. The van der Waals surface area contributed by atoms with E-state index in [9.17, 15) is 9.59 Å². The second-order valence-electron chi connectivity index (χ2n) is 5.75. The van der Waals surface area contributed by atoms with Crippen LogP contribution in [0, 0.1) is 0 Å². The van der Waals surface area contributed by atoms with E-state index in [0.717, 1.165) is 6.42 Å². The average Bonchev–Trinajstić information content (AvgIpc) is 2.66. The van der Waals surface area contributed by atoms with Crippen LogP contribution in [-0.2, 0) is 9.53 Å². The third-order valence-corrected chi connectivity index (χ3v) is 4.04. The molecule has 0 aliphatic heterocycles. The van der Waals surface area contributed by atoms with E-state index in [-0.39, 0.29) is 12.5 Å². The van der Waals surface area contributed by atoms with E-state index in [1.54, 1.807) is 24.3 Å². The molecule has 0 spiro atoms. The van der Waals surface area contributed by atoms with Crippen molar-refractivity contribution in [2.75, 3.05) is 19.0 Å². The first-order valence-corrected chi connectivity index (χ1v) is 8.25. The zero-order valence-electron chi connectivity index (χ0n) is 14.7. The Morgan fingerprint density at radius 2 is 1.76 bits per heavy atom. The van der Waals surface area contributed by atoms with Crippen molar-refractivity contribution in [1.82, 2.24) is 0 Å². The Morgan fingerprint density at radius 3 is 2.40 bits per heavy atom. The van der Waals surface area contributed by atoms with Crippen molar-refractivity contribution >= 4 is 17.6 Å². The van der Waals surface area contributed by atoms with E-state index in [1.807, 2.05) is 24.3 Å². The van der Waals surface area contributed by atoms with Gasteiger partial charge in [-0.2, -0.15) is 0 Å². The van der Waals surface area contributed by atoms with Gasteiger partial charge in [0.15, 0.2) is 6.61 Å². The molecule has 0 radical (unpaired) electrons. The normalized spacial score (nSPS) is 11.5. The van der Waals surface area contributed by atoms with Crippen molar-refractivity contribution in [2.24, 2.45) is 0 Å². The molecule has 5 heteroatoms. The van der Waals surface area contributed by atoms with Crippen LogP contribution in [0.25, 0.3) is 0 Å². The van der Waals surface area contributed by atoms with Crippen LogP contribution in [-0.4, -0.2) is 25.6 Å². The highest BCUT2D eigenvalue weighted by atomic mass is 16.5. The lowest BCUT2D eigenvalue weighted by molar-refractivity contribution is -0.118. The SMILES string of the molecule is CCC(C)c1ccc(OCC(=O)Nc2ccccc2C(=O)OC)cc1. The highest BCUT2D eigenvalue weighted by Crippen LogP contribution is 2.21. The molecule has 2 aromatic carbocycles. The minimum Gasteiger partial charge on any atom is -0.484 e. The maximum Gasteiger partial charge on any atom is 0.339 e. The third-order valence-electron chi connectivity index (χ3n) is 4.04. The van der Waals surface area contributed by atoms with Gasteiger partial charge in [0.2, 0.25) is 0 Å². The fourth-order valence-electron chi connectivity index (χ4n) is 2.34. The van der Waals surface area contributed by atoms with Crippen LogP contribution in [0.5, 0.6) is 5.75 Å². The summed E-state index contributed by atoms with van der Waals surface area (Å²) < 4.78 is 10.2. The highest BCUT2D eigenvalue weighted by molar-refractivity contribution is 6.01. The minimum absolute atomic E-state index is 0.141. The van der Waals surface area contributed by atoms with Gasteiger partial charge >= 0.3 is 5.97 Å². The number of hydrogen-bond acceptors (Lipinski definition) is 4. The van der Waals surface area contributed by atoms with E-state index >= 15 is 0 Å². The largest absolute Gasteiger partial charge is 0.484 e. The molecule has 0 fully saturated rings. The van der Waals surface area contributed by atoms with Crippen LogP contribution in [0.15, 0.2) is 48.5 Å². The second-order valence-corrected chi connectivity index (χ2v) is 5.75. The predicted octanol–water partition coefficient (Wildman–Crippen LogP) is 4.00. The number of nitrogens with one attached hydrogen (secondary N) is 1. The molecule has 132 valence electrons. The summed E-state index contributed by atoms with van der Waals surface area (Å²) in [6.07, 6.45) is 1.07. The number of methoxy groups -OCH3 is 1. The van der Waals surface area contributed by atoms with Gasteiger partial charge in [0, 0.05) is 0 Å². The Labute approximate surface area is 148 Å². The molecule has 0 bridgehead atoms. The predicted molar refractivity (Wildman–Crippen MR) is 97.1 cm³/mol. The minimum atomic E-state index is -0.502. The average molecular weight is 341 g/mol. The second kappa shape index (κ2) is 8.87. The van der Waals surface area contributed by atoms with Crippen molar-refractivity contribution in [3.05, 3.63) is 59.7 Å². The van der Waals surface area contributed by atoms with Gasteiger partial charge in [-0.05, 0) is 42.2 Å². The summed E-state index contributed by atoms with van der Waals surface area (Å²) in [4.78, 5) is 23.8. The molecule has 2 aromatic rings.